The number of hydrogen-bond acceptors (Lipinski definition) is 5. The molecule has 0 aliphatic carbocycles. The lowest BCUT2D eigenvalue weighted by Gasteiger charge is -2.12. The van der Waals surface area contributed by atoms with Gasteiger partial charge in [-0.15, -0.1) is 0 Å². The first kappa shape index (κ1) is 17.6. The summed E-state index contributed by atoms with van der Waals surface area (Å²) in [5.41, 5.74) is 3.10. The second-order valence-electron chi connectivity index (χ2n) is 6.14. The molecule has 0 aliphatic heterocycles. The lowest BCUT2D eigenvalue weighted by molar-refractivity contribution is 0.631. The molecule has 2 N–H and O–H groups in total. The summed E-state index contributed by atoms with van der Waals surface area (Å²) in [4.78, 5) is 13.1. The highest BCUT2D eigenvalue weighted by atomic mass is 19.1. The molecular formula is C22H18FN5. The van der Waals surface area contributed by atoms with Gasteiger partial charge in [0.05, 0.1) is 11.4 Å². The molecule has 4 aromatic rings. The van der Waals surface area contributed by atoms with Crippen molar-refractivity contribution >= 4 is 17.5 Å². The van der Waals surface area contributed by atoms with E-state index in [2.05, 4.69) is 25.6 Å². The van der Waals surface area contributed by atoms with Crippen LogP contribution in [0.15, 0.2) is 85.2 Å². The highest BCUT2D eigenvalue weighted by molar-refractivity contribution is 5.66. The number of halogens is 1. The summed E-state index contributed by atoms with van der Waals surface area (Å²) in [5, 5.41) is 6.27. The summed E-state index contributed by atoms with van der Waals surface area (Å²) in [6.45, 7) is 0.590. The van der Waals surface area contributed by atoms with Crippen LogP contribution in [0.3, 0.4) is 0 Å². The SMILES string of the molecule is Fc1ccccc1Nc1nc(NCc2ccncc2)cc(-c2ccccc2)n1. The van der Waals surface area contributed by atoms with Crippen LogP contribution in [-0.4, -0.2) is 15.0 Å². The molecule has 0 saturated heterocycles. The van der Waals surface area contributed by atoms with Crippen LogP contribution in [0.2, 0.25) is 0 Å². The topological polar surface area (TPSA) is 62.7 Å². The number of anilines is 3. The van der Waals surface area contributed by atoms with Crippen molar-refractivity contribution in [2.24, 2.45) is 0 Å². The van der Waals surface area contributed by atoms with Gasteiger partial charge in [0.15, 0.2) is 0 Å². The maximum absolute atomic E-state index is 14.0. The molecule has 28 heavy (non-hydrogen) atoms. The van der Waals surface area contributed by atoms with E-state index < -0.39 is 0 Å². The summed E-state index contributed by atoms with van der Waals surface area (Å²) in [6, 6.07) is 22.0. The lowest BCUT2D eigenvalue weighted by Crippen LogP contribution is -2.06. The zero-order chi connectivity index (χ0) is 19.2. The van der Waals surface area contributed by atoms with Crippen LogP contribution >= 0.6 is 0 Å². The molecule has 0 spiro atoms. The van der Waals surface area contributed by atoms with E-state index in [1.54, 1.807) is 30.6 Å². The fourth-order valence-corrected chi connectivity index (χ4v) is 2.73. The third-order valence-corrected chi connectivity index (χ3v) is 4.14. The molecule has 5 nitrogen and oxygen atoms in total. The minimum Gasteiger partial charge on any atom is -0.366 e. The van der Waals surface area contributed by atoms with Crippen LogP contribution in [0.5, 0.6) is 0 Å². The monoisotopic (exact) mass is 371 g/mol. The minimum absolute atomic E-state index is 0.323. The van der Waals surface area contributed by atoms with Crippen molar-refractivity contribution in [1.29, 1.82) is 0 Å². The summed E-state index contributed by atoms with van der Waals surface area (Å²) >= 11 is 0. The standard InChI is InChI=1S/C22H18FN5/c23-18-8-4-5-9-19(18)26-22-27-20(17-6-2-1-3-7-17)14-21(28-22)25-15-16-10-12-24-13-11-16/h1-14H,15H2,(H2,25,26,27,28). The van der Waals surface area contributed by atoms with Crippen molar-refractivity contribution in [1.82, 2.24) is 15.0 Å². The normalized spacial score (nSPS) is 10.5. The Hall–Kier alpha value is -3.80. The molecule has 2 aromatic carbocycles. The Labute approximate surface area is 162 Å². The molecule has 2 aromatic heterocycles. The molecule has 138 valence electrons. The predicted octanol–water partition coefficient (Wildman–Crippen LogP) is 5.03. The van der Waals surface area contributed by atoms with Crippen LogP contribution in [0, 0.1) is 5.82 Å². The summed E-state index contributed by atoms with van der Waals surface area (Å²) in [5.74, 6) is 0.607. The zero-order valence-electron chi connectivity index (χ0n) is 15.0. The maximum atomic E-state index is 14.0. The summed E-state index contributed by atoms with van der Waals surface area (Å²) < 4.78 is 14.0. The molecular weight excluding hydrogens is 353 g/mol. The average Bonchev–Trinajstić information content (AvgIpc) is 2.75. The molecule has 0 atom stereocenters. The summed E-state index contributed by atoms with van der Waals surface area (Å²) in [7, 11) is 0. The maximum Gasteiger partial charge on any atom is 0.229 e. The first-order chi connectivity index (χ1) is 13.8. The van der Waals surface area contributed by atoms with E-state index in [1.165, 1.54) is 6.07 Å². The van der Waals surface area contributed by atoms with Gasteiger partial charge in [-0.1, -0.05) is 42.5 Å². The fourth-order valence-electron chi connectivity index (χ4n) is 2.73. The number of benzene rings is 2. The number of para-hydroxylation sites is 1. The zero-order valence-corrected chi connectivity index (χ0v) is 15.0. The molecule has 6 heteroatoms. The molecule has 0 fully saturated rings. The van der Waals surface area contributed by atoms with Gasteiger partial charge in [-0.2, -0.15) is 4.98 Å². The van der Waals surface area contributed by atoms with Crippen LogP contribution in [0.1, 0.15) is 5.56 Å². The van der Waals surface area contributed by atoms with Gasteiger partial charge in [0.2, 0.25) is 5.95 Å². The van der Waals surface area contributed by atoms with Crippen LogP contribution in [-0.2, 0) is 6.54 Å². The lowest BCUT2D eigenvalue weighted by atomic mass is 10.1. The smallest absolute Gasteiger partial charge is 0.229 e. The van der Waals surface area contributed by atoms with E-state index in [0.717, 1.165) is 16.8 Å². The quantitative estimate of drug-likeness (QED) is 0.497. The number of nitrogens with one attached hydrogen (secondary N) is 2. The Bertz CT molecular complexity index is 1050. The molecule has 0 amide bonds. The van der Waals surface area contributed by atoms with E-state index in [-0.39, 0.29) is 5.82 Å². The Kier molecular flexibility index (Phi) is 5.20. The van der Waals surface area contributed by atoms with E-state index in [1.807, 2.05) is 48.5 Å². The predicted molar refractivity (Wildman–Crippen MR) is 109 cm³/mol. The third kappa shape index (κ3) is 4.29. The molecule has 0 unspecified atom stereocenters. The number of aromatic nitrogens is 3. The first-order valence-electron chi connectivity index (χ1n) is 8.87. The largest absolute Gasteiger partial charge is 0.366 e. The molecule has 2 heterocycles. The van der Waals surface area contributed by atoms with Gasteiger partial charge in [-0.3, -0.25) is 4.98 Å². The average molecular weight is 371 g/mol. The molecule has 4 rings (SSSR count). The first-order valence-corrected chi connectivity index (χ1v) is 8.87. The number of nitrogens with zero attached hydrogens (tertiary/aromatic N) is 3. The Balaban J connectivity index is 1.65. The minimum atomic E-state index is -0.359. The van der Waals surface area contributed by atoms with E-state index in [9.17, 15) is 4.39 Å². The molecule has 0 bridgehead atoms. The third-order valence-electron chi connectivity index (χ3n) is 4.14. The van der Waals surface area contributed by atoms with Crippen molar-refractivity contribution in [2.45, 2.75) is 6.54 Å². The van der Waals surface area contributed by atoms with Gasteiger partial charge >= 0.3 is 0 Å². The highest BCUT2D eigenvalue weighted by Gasteiger charge is 2.09. The number of hydrogen-bond donors (Lipinski definition) is 2. The van der Waals surface area contributed by atoms with E-state index >= 15 is 0 Å². The van der Waals surface area contributed by atoms with Crippen molar-refractivity contribution in [2.75, 3.05) is 10.6 Å². The van der Waals surface area contributed by atoms with Gasteiger partial charge in [-0.25, -0.2) is 9.37 Å². The Morgan fingerprint density at radius 3 is 2.36 bits per heavy atom. The molecule has 0 radical (unpaired) electrons. The van der Waals surface area contributed by atoms with Gasteiger partial charge in [0, 0.05) is 30.6 Å². The molecule has 0 aliphatic rings. The van der Waals surface area contributed by atoms with E-state index in [4.69, 9.17) is 0 Å². The van der Waals surface area contributed by atoms with Crippen LogP contribution < -0.4 is 10.6 Å². The van der Waals surface area contributed by atoms with Crippen LogP contribution in [0.4, 0.5) is 21.8 Å². The van der Waals surface area contributed by atoms with Crippen molar-refractivity contribution in [3.8, 4) is 11.3 Å². The second-order valence-corrected chi connectivity index (χ2v) is 6.14. The Morgan fingerprint density at radius 2 is 1.57 bits per heavy atom. The summed E-state index contributed by atoms with van der Waals surface area (Å²) in [6.07, 6.45) is 3.50. The highest BCUT2D eigenvalue weighted by Crippen LogP contribution is 2.24. The fraction of sp³-hybridized carbons (Fsp3) is 0.0455. The number of rotatable bonds is 6. The van der Waals surface area contributed by atoms with Gasteiger partial charge in [0.25, 0.3) is 0 Å². The van der Waals surface area contributed by atoms with E-state index in [0.29, 0.717) is 24.0 Å². The van der Waals surface area contributed by atoms with Gasteiger partial charge in [0.1, 0.15) is 11.6 Å². The second kappa shape index (κ2) is 8.26. The van der Waals surface area contributed by atoms with Crippen LogP contribution in [0.25, 0.3) is 11.3 Å². The van der Waals surface area contributed by atoms with Gasteiger partial charge in [-0.05, 0) is 29.8 Å². The molecule has 0 saturated carbocycles. The van der Waals surface area contributed by atoms with Gasteiger partial charge < -0.3 is 10.6 Å². The number of pyridine rings is 1. The van der Waals surface area contributed by atoms with Crippen molar-refractivity contribution in [3.05, 3.63) is 96.6 Å². The Morgan fingerprint density at radius 1 is 0.821 bits per heavy atom. The van der Waals surface area contributed by atoms with Crippen molar-refractivity contribution < 1.29 is 4.39 Å². The van der Waals surface area contributed by atoms with Crippen molar-refractivity contribution in [3.63, 3.8) is 0 Å².